The first-order chi connectivity index (χ1) is 11.6. The average Bonchev–Trinajstić information content (AvgIpc) is 3.09. The summed E-state index contributed by atoms with van der Waals surface area (Å²) in [5.74, 6) is -2.05. The molecular weight excluding hydrogens is 312 g/mol. The monoisotopic (exact) mass is 327 g/mol. The molecule has 3 rings (SSSR count). The molecule has 24 heavy (non-hydrogen) atoms. The second-order valence-corrected chi connectivity index (χ2v) is 5.86. The predicted molar refractivity (Wildman–Crippen MR) is 83.7 cm³/mol. The number of carbonyl (C=O) groups excluding carboxylic acids is 1. The molecule has 2 aromatic rings. The van der Waals surface area contributed by atoms with E-state index in [1.807, 2.05) is 0 Å². The van der Waals surface area contributed by atoms with Crippen molar-refractivity contribution in [3.05, 3.63) is 64.7 Å². The Morgan fingerprint density at radius 3 is 2.46 bits per heavy atom. The highest BCUT2D eigenvalue weighted by Crippen LogP contribution is 2.34. The number of nitriles is 1. The third kappa shape index (κ3) is 3.28. The van der Waals surface area contributed by atoms with Gasteiger partial charge in [-0.05, 0) is 48.6 Å². The van der Waals surface area contributed by atoms with E-state index in [0.29, 0.717) is 5.92 Å². The second kappa shape index (κ2) is 6.79. The molecule has 0 unspecified atom stereocenters. The molecule has 0 radical (unpaired) electrons. The van der Waals surface area contributed by atoms with Gasteiger partial charge in [-0.1, -0.05) is 18.9 Å². The number of carbonyl (C=O) groups is 1. The van der Waals surface area contributed by atoms with Crippen molar-refractivity contribution < 1.29 is 18.3 Å². The molecule has 0 spiro atoms. The zero-order chi connectivity index (χ0) is 17.1. The number of esters is 1. The fraction of sp³-hybridized carbons (Fsp3) is 0.263. The lowest BCUT2D eigenvalue weighted by atomic mass is 9.96. The van der Waals surface area contributed by atoms with Crippen LogP contribution in [-0.4, -0.2) is 5.97 Å². The third-order valence-electron chi connectivity index (χ3n) is 4.31. The largest absolute Gasteiger partial charge is 0.423 e. The van der Waals surface area contributed by atoms with Crippen LogP contribution in [0.25, 0.3) is 0 Å². The molecule has 0 aromatic heterocycles. The zero-order valence-electron chi connectivity index (χ0n) is 12.9. The molecule has 0 N–H and O–H groups in total. The van der Waals surface area contributed by atoms with Gasteiger partial charge in [-0.2, -0.15) is 5.26 Å². The fourth-order valence-corrected chi connectivity index (χ4v) is 3.02. The van der Waals surface area contributed by atoms with Crippen LogP contribution in [0, 0.1) is 23.0 Å². The van der Waals surface area contributed by atoms with Gasteiger partial charge in [-0.15, -0.1) is 0 Å². The van der Waals surface area contributed by atoms with Crippen molar-refractivity contribution in [3.8, 4) is 11.8 Å². The number of ether oxygens (including phenoxy) is 1. The normalized spacial score (nSPS) is 14.4. The quantitative estimate of drug-likeness (QED) is 0.606. The van der Waals surface area contributed by atoms with Crippen molar-refractivity contribution >= 4 is 5.97 Å². The number of rotatable bonds is 3. The first-order valence-electron chi connectivity index (χ1n) is 7.80. The van der Waals surface area contributed by atoms with Crippen molar-refractivity contribution in [2.45, 2.75) is 31.6 Å². The van der Waals surface area contributed by atoms with Crippen LogP contribution in [0.1, 0.15) is 53.1 Å². The van der Waals surface area contributed by atoms with E-state index < -0.39 is 17.6 Å². The summed E-state index contributed by atoms with van der Waals surface area (Å²) in [6, 6.07) is 9.64. The number of nitrogens with zero attached hydrogens (tertiary/aromatic N) is 1. The molecule has 0 atom stereocenters. The molecule has 0 aliphatic heterocycles. The maximum Gasteiger partial charge on any atom is 0.346 e. The lowest BCUT2D eigenvalue weighted by Crippen LogP contribution is -2.11. The van der Waals surface area contributed by atoms with Gasteiger partial charge in [0.1, 0.15) is 23.5 Å². The topological polar surface area (TPSA) is 50.1 Å². The number of benzene rings is 2. The van der Waals surface area contributed by atoms with Gasteiger partial charge in [-0.25, -0.2) is 13.6 Å². The molecule has 0 bridgehead atoms. The molecule has 1 saturated carbocycles. The summed E-state index contributed by atoms with van der Waals surface area (Å²) >= 11 is 0. The average molecular weight is 327 g/mol. The highest BCUT2D eigenvalue weighted by Gasteiger charge is 2.21. The molecule has 3 nitrogen and oxygen atoms in total. The highest BCUT2D eigenvalue weighted by molar-refractivity contribution is 5.91. The Bertz CT molecular complexity index is 821. The van der Waals surface area contributed by atoms with Crippen LogP contribution in [0.2, 0.25) is 0 Å². The van der Waals surface area contributed by atoms with Crippen LogP contribution >= 0.6 is 0 Å². The minimum Gasteiger partial charge on any atom is -0.423 e. The number of halogens is 2. The lowest BCUT2D eigenvalue weighted by Gasteiger charge is -2.11. The second-order valence-electron chi connectivity index (χ2n) is 5.86. The van der Waals surface area contributed by atoms with Crippen molar-refractivity contribution in [2.75, 3.05) is 0 Å². The van der Waals surface area contributed by atoms with Crippen molar-refractivity contribution in [1.29, 1.82) is 5.26 Å². The van der Waals surface area contributed by atoms with Crippen LogP contribution < -0.4 is 4.74 Å². The van der Waals surface area contributed by atoms with Crippen LogP contribution in [0.3, 0.4) is 0 Å². The molecule has 5 heteroatoms. The predicted octanol–water partition coefficient (Wildman–Crippen LogP) is 4.71. The first-order valence-corrected chi connectivity index (χ1v) is 7.80. The van der Waals surface area contributed by atoms with E-state index in [1.165, 1.54) is 24.3 Å². The van der Waals surface area contributed by atoms with Crippen LogP contribution in [-0.2, 0) is 0 Å². The lowest BCUT2D eigenvalue weighted by molar-refractivity contribution is 0.0729. The highest BCUT2D eigenvalue weighted by atomic mass is 19.1. The van der Waals surface area contributed by atoms with Crippen LogP contribution in [0.4, 0.5) is 8.78 Å². The van der Waals surface area contributed by atoms with E-state index in [9.17, 15) is 13.6 Å². The van der Waals surface area contributed by atoms with Crippen LogP contribution in [0.15, 0.2) is 36.4 Å². The first kappa shape index (κ1) is 16.1. The van der Waals surface area contributed by atoms with Crippen molar-refractivity contribution in [3.63, 3.8) is 0 Å². The number of hydrogen-bond donors (Lipinski definition) is 0. The molecule has 0 amide bonds. The molecule has 2 aromatic carbocycles. The molecule has 1 aliphatic carbocycles. The van der Waals surface area contributed by atoms with E-state index >= 15 is 0 Å². The summed E-state index contributed by atoms with van der Waals surface area (Å²) in [5.41, 5.74) is 0.550. The van der Waals surface area contributed by atoms with Crippen molar-refractivity contribution in [2.24, 2.45) is 0 Å². The SMILES string of the molecule is N#Cc1ccc(OC(=O)c2ccc(C3CCCC3)cc2F)cc1F. The van der Waals surface area contributed by atoms with E-state index in [4.69, 9.17) is 10.00 Å². The Morgan fingerprint density at radius 2 is 1.83 bits per heavy atom. The molecule has 0 saturated heterocycles. The Kier molecular flexibility index (Phi) is 4.57. The van der Waals surface area contributed by atoms with Gasteiger partial charge in [0.15, 0.2) is 0 Å². The standard InChI is InChI=1S/C19H15F2NO2/c20-17-10-15(7-5-14(17)11-22)24-19(23)16-8-6-13(9-18(16)21)12-3-1-2-4-12/h5-10,12H,1-4H2. The summed E-state index contributed by atoms with van der Waals surface area (Å²) in [5, 5.41) is 8.67. The third-order valence-corrected chi connectivity index (χ3v) is 4.31. The van der Waals surface area contributed by atoms with E-state index in [2.05, 4.69) is 0 Å². The van der Waals surface area contributed by atoms with Gasteiger partial charge in [0.25, 0.3) is 0 Å². The molecule has 1 fully saturated rings. The Hall–Kier alpha value is -2.74. The Labute approximate surface area is 138 Å². The van der Waals surface area contributed by atoms with E-state index in [1.54, 1.807) is 12.1 Å². The van der Waals surface area contributed by atoms with Gasteiger partial charge in [0, 0.05) is 6.07 Å². The van der Waals surface area contributed by atoms with Gasteiger partial charge < -0.3 is 4.74 Å². The van der Waals surface area contributed by atoms with Gasteiger partial charge in [0.05, 0.1) is 11.1 Å². The van der Waals surface area contributed by atoms with Crippen LogP contribution in [0.5, 0.6) is 5.75 Å². The van der Waals surface area contributed by atoms with Crippen molar-refractivity contribution in [1.82, 2.24) is 0 Å². The summed E-state index contributed by atoms with van der Waals surface area (Å²) in [4.78, 5) is 12.1. The van der Waals surface area contributed by atoms with Gasteiger partial charge in [0.2, 0.25) is 0 Å². The molecular formula is C19H15F2NO2. The summed E-state index contributed by atoms with van der Waals surface area (Å²) in [6.07, 6.45) is 4.35. The maximum atomic E-state index is 14.2. The van der Waals surface area contributed by atoms with E-state index in [-0.39, 0.29) is 16.9 Å². The summed E-state index contributed by atoms with van der Waals surface area (Å²) in [6.45, 7) is 0. The fourth-order valence-electron chi connectivity index (χ4n) is 3.02. The van der Waals surface area contributed by atoms with E-state index in [0.717, 1.165) is 37.3 Å². The molecule has 122 valence electrons. The Morgan fingerprint density at radius 1 is 1.08 bits per heavy atom. The number of hydrogen-bond acceptors (Lipinski definition) is 3. The zero-order valence-corrected chi connectivity index (χ0v) is 12.9. The Balaban J connectivity index is 1.77. The minimum atomic E-state index is -0.894. The van der Waals surface area contributed by atoms with Gasteiger partial charge in [-0.3, -0.25) is 0 Å². The summed E-state index contributed by atoms with van der Waals surface area (Å²) in [7, 11) is 0. The minimum absolute atomic E-state index is 0.0734. The smallest absolute Gasteiger partial charge is 0.346 e. The maximum absolute atomic E-state index is 14.2. The molecule has 1 aliphatic rings. The molecule has 0 heterocycles. The summed E-state index contributed by atoms with van der Waals surface area (Å²) < 4.78 is 32.8. The van der Waals surface area contributed by atoms with Gasteiger partial charge >= 0.3 is 5.97 Å².